The van der Waals surface area contributed by atoms with Gasteiger partial charge in [-0.25, -0.2) is 4.79 Å². The molecule has 0 spiro atoms. The number of hydrogen-bond donors (Lipinski definition) is 1. The van der Waals surface area contributed by atoms with Crippen molar-refractivity contribution in [3.8, 4) is 5.75 Å². The Morgan fingerprint density at radius 1 is 1.29 bits per heavy atom. The summed E-state index contributed by atoms with van der Waals surface area (Å²) >= 11 is 0. The zero-order valence-corrected chi connectivity index (χ0v) is 9.63. The van der Waals surface area contributed by atoms with E-state index < -0.39 is 5.97 Å². The Bertz CT molecular complexity index is 375. The summed E-state index contributed by atoms with van der Waals surface area (Å²) in [5, 5.41) is 11.9. The molecule has 0 radical (unpaired) electrons. The highest BCUT2D eigenvalue weighted by Gasteiger charge is 2.01. The van der Waals surface area contributed by atoms with Crippen LogP contribution in [0, 0.1) is 0 Å². The number of aliphatic carboxylic acids is 1. The fraction of sp³-hybridized carbons (Fsp3) is 0.333. The molecule has 0 atom stereocenters. The zero-order valence-electron chi connectivity index (χ0n) is 9.63. The van der Waals surface area contributed by atoms with E-state index in [0.29, 0.717) is 19.6 Å². The number of carbonyl (C=O) groups is 1. The SMILES string of the molecule is CC(=NOCCCOc1ccccc1)C(=O)O. The van der Waals surface area contributed by atoms with Gasteiger partial charge < -0.3 is 14.7 Å². The van der Waals surface area contributed by atoms with E-state index in [1.807, 2.05) is 30.3 Å². The molecule has 1 aromatic rings. The second kappa shape index (κ2) is 7.27. The fourth-order valence-corrected chi connectivity index (χ4v) is 1.01. The second-order valence-corrected chi connectivity index (χ2v) is 3.33. The number of carboxylic acids is 1. The molecule has 17 heavy (non-hydrogen) atoms. The highest BCUT2D eigenvalue weighted by molar-refractivity contribution is 6.34. The van der Waals surface area contributed by atoms with E-state index >= 15 is 0 Å². The minimum atomic E-state index is -1.08. The monoisotopic (exact) mass is 237 g/mol. The lowest BCUT2D eigenvalue weighted by Crippen LogP contribution is -2.09. The average Bonchev–Trinajstić information content (AvgIpc) is 2.34. The van der Waals surface area contributed by atoms with E-state index in [9.17, 15) is 4.79 Å². The molecule has 0 unspecified atom stereocenters. The largest absolute Gasteiger partial charge is 0.493 e. The summed E-state index contributed by atoms with van der Waals surface area (Å²) in [6, 6.07) is 9.44. The van der Waals surface area contributed by atoms with Crippen molar-refractivity contribution in [1.29, 1.82) is 0 Å². The van der Waals surface area contributed by atoms with Crippen LogP contribution in [0.5, 0.6) is 5.75 Å². The maximum Gasteiger partial charge on any atom is 0.353 e. The predicted molar refractivity (Wildman–Crippen MR) is 63.3 cm³/mol. The van der Waals surface area contributed by atoms with Crippen LogP contribution >= 0.6 is 0 Å². The highest BCUT2D eigenvalue weighted by atomic mass is 16.6. The lowest BCUT2D eigenvalue weighted by molar-refractivity contribution is -0.129. The number of benzene rings is 1. The summed E-state index contributed by atoms with van der Waals surface area (Å²) < 4.78 is 5.42. The molecule has 5 heteroatoms. The molecule has 1 rings (SSSR count). The van der Waals surface area contributed by atoms with E-state index in [-0.39, 0.29) is 5.71 Å². The molecule has 0 aromatic heterocycles. The van der Waals surface area contributed by atoms with E-state index in [2.05, 4.69) is 5.16 Å². The average molecular weight is 237 g/mol. The van der Waals surface area contributed by atoms with E-state index in [4.69, 9.17) is 14.7 Å². The van der Waals surface area contributed by atoms with Gasteiger partial charge in [-0.15, -0.1) is 0 Å². The number of rotatable bonds is 7. The number of oxime groups is 1. The van der Waals surface area contributed by atoms with E-state index in [0.717, 1.165) is 5.75 Å². The Balaban J connectivity index is 2.10. The number of para-hydroxylation sites is 1. The third-order valence-electron chi connectivity index (χ3n) is 1.90. The highest BCUT2D eigenvalue weighted by Crippen LogP contribution is 2.08. The van der Waals surface area contributed by atoms with Crippen molar-refractivity contribution < 1.29 is 19.5 Å². The van der Waals surface area contributed by atoms with Gasteiger partial charge in [-0.1, -0.05) is 23.4 Å². The third kappa shape index (κ3) is 5.55. The molecule has 0 fully saturated rings. The van der Waals surface area contributed by atoms with Crippen LogP contribution < -0.4 is 4.74 Å². The quantitative estimate of drug-likeness (QED) is 0.447. The molecule has 0 aliphatic carbocycles. The van der Waals surface area contributed by atoms with Crippen LogP contribution in [0.25, 0.3) is 0 Å². The van der Waals surface area contributed by atoms with Gasteiger partial charge in [-0.3, -0.25) is 0 Å². The van der Waals surface area contributed by atoms with Gasteiger partial charge in [0.2, 0.25) is 0 Å². The molecule has 92 valence electrons. The van der Waals surface area contributed by atoms with Crippen LogP contribution in [0.2, 0.25) is 0 Å². The first kappa shape index (κ1) is 13.0. The first-order valence-corrected chi connectivity index (χ1v) is 5.28. The minimum absolute atomic E-state index is 0.0611. The predicted octanol–water partition coefficient (Wildman–Crippen LogP) is 1.93. The maximum atomic E-state index is 10.4. The van der Waals surface area contributed by atoms with Crippen molar-refractivity contribution in [1.82, 2.24) is 0 Å². The maximum absolute atomic E-state index is 10.4. The normalized spacial score (nSPS) is 11.0. The molecule has 0 saturated carbocycles. The van der Waals surface area contributed by atoms with Crippen LogP contribution in [-0.4, -0.2) is 30.0 Å². The molecule has 5 nitrogen and oxygen atoms in total. The van der Waals surface area contributed by atoms with Crippen LogP contribution in [0.3, 0.4) is 0 Å². The third-order valence-corrected chi connectivity index (χ3v) is 1.90. The minimum Gasteiger partial charge on any atom is -0.493 e. The number of carboxylic acid groups (broad SMARTS) is 1. The summed E-state index contributed by atoms with van der Waals surface area (Å²) in [5.41, 5.74) is -0.0611. The first-order chi connectivity index (χ1) is 8.20. The van der Waals surface area contributed by atoms with Crippen molar-refractivity contribution in [3.63, 3.8) is 0 Å². The summed E-state index contributed by atoms with van der Waals surface area (Å²) in [7, 11) is 0. The Morgan fingerprint density at radius 3 is 2.65 bits per heavy atom. The molecule has 0 aliphatic rings. The summed E-state index contributed by atoms with van der Waals surface area (Å²) in [6.45, 7) is 2.21. The molecular formula is C12H15NO4. The summed E-state index contributed by atoms with van der Waals surface area (Å²) in [5.74, 6) is -0.275. The van der Waals surface area contributed by atoms with Crippen LogP contribution in [0.4, 0.5) is 0 Å². The standard InChI is InChI=1S/C12H15NO4/c1-10(12(14)15)13-17-9-5-8-16-11-6-3-2-4-7-11/h2-4,6-7H,5,8-9H2,1H3,(H,14,15). The van der Waals surface area contributed by atoms with Gasteiger partial charge in [-0.05, 0) is 19.1 Å². The molecule has 0 amide bonds. The molecule has 1 aromatic carbocycles. The van der Waals surface area contributed by atoms with Crippen molar-refractivity contribution in [2.24, 2.45) is 5.16 Å². The van der Waals surface area contributed by atoms with Gasteiger partial charge in [0.05, 0.1) is 6.61 Å². The van der Waals surface area contributed by atoms with Crippen molar-refractivity contribution in [3.05, 3.63) is 30.3 Å². The molecule has 1 N–H and O–H groups in total. The van der Waals surface area contributed by atoms with Gasteiger partial charge in [0.25, 0.3) is 0 Å². The van der Waals surface area contributed by atoms with Crippen molar-refractivity contribution in [2.75, 3.05) is 13.2 Å². The summed E-state index contributed by atoms with van der Waals surface area (Å²) in [6.07, 6.45) is 0.644. The number of ether oxygens (including phenoxy) is 1. The van der Waals surface area contributed by atoms with Gasteiger partial charge in [0.1, 0.15) is 12.4 Å². The Morgan fingerprint density at radius 2 is 2.00 bits per heavy atom. The molecular weight excluding hydrogens is 222 g/mol. The topological polar surface area (TPSA) is 68.1 Å². The lowest BCUT2D eigenvalue weighted by Gasteiger charge is -2.04. The van der Waals surface area contributed by atoms with Crippen LogP contribution in [0.1, 0.15) is 13.3 Å². The van der Waals surface area contributed by atoms with Gasteiger partial charge in [0.15, 0.2) is 5.71 Å². The van der Waals surface area contributed by atoms with Crippen molar-refractivity contribution in [2.45, 2.75) is 13.3 Å². The summed E-state index contributed by atoms with van der Waals surface area (Å²) in [4.78, 5) is 15.2. The molecule has 0 aliphatic heterocycles. The second-order valence-electron chi connectivity index (χ2n) is 3.33. The van der Waals surface area contributed by atoms with Crippen LogP contribution in [0.15, 0.2) is 35.5 Å². The smallest absolute Gasteiger partial charge is 0.353 e. The lowest BCUT2D eigenvalue weighted by atomic mass is 10.3. The van der Waals surface area contributed by atoms with Crippen molar-refractivity contribution >= 4 is 11.7 Å². The number of hydrogen-bond acceptors (Lipinski definition) is 4. The zero-order chi connectivity index (χ0) is 12.5. The molecule has 0 saturated heterocycles. The van der Waals surface area contributed by atoms with Crippen LogP contribution in [-0.2, 0) is 9.63 Å². The Kier molecular flexibility index (Phi) is 5.57. The molecule has 0 heterocycles. The first-order valence-electron chi connectivity index (χ1n) is 5.28. The number of nitrogens with zero attached hydrogens (tertiary/aromatic N) is 1. The Hall–Kier alpha value is -2.04. The van der Waals surface area contributed by atoms with Gasteiger partial charge >= 0.3 is 5.97 Å². The fourth-order valence-electron chi connectivity index (χ4n) is 1.01. The Labute approximate surface area is 99.7 Å². The van der Waals surface area contributed by atoms with E-state index in [1.165, 1.54) is 6.92 Å². The van der Waals surface area contributed by atoms with Gasteiger partial charge in [0, 0.05) is 6.42 Å². The van der Waals surface area contributed by atoms with E-state index in [1.54, 1.807) is 0 Å². The van der Waals surface area contributed by atoms with Gasteiger partial charge in [-0.2, -0.15) is 0 Å². The molecule has 0 bridgehead atoms.